The molecule has 1 atom stereocenters. The Morgan fingerprint density at radius 2 is 1.84 bits per heavy atom. The summed E-state index contributed by atoms with van der Waals surface area (Å²) in [6.45, 7) is 1.96. The van der Waals surface area contributed by atoms with E-state index in [0.717, 1.165) is 21.0 Å². The monoisotopic (exact) mass is 356 g/mol. The van der Waals surface area contributed by atoms with Gasteiger partial charge in [0.1, 0.15) is 16.5 Å². The molecular formula is C19H20N2O3S. The molecule has 0 saturated carbocycles. The third-order valence-electron chi connectivity index (χ3n) is 4.06. The van der Waals surface area contributed by atoms with Crippen LogP contribution in [-0.2, 0) is 4.79 Å². The van der Waals surface area contributed by atoms with Crippen LogP contribution in [0.5, 0.6) is 11.5 Å². The van der Waals surface area contributed by atoms with E-state index in [4.69, 9.17) is 9.47 Å². The molecule has 0 aliphatic carbocycles. The van der Waals surface area contributed by atoms with Crippen molar-refractivity contribution in [3.63, 3.8) is 0 Å². The summed E-state index contributed by atoms with van der Waals surface area (Å²) in [5.74, 6) is 1.29. The predicted molar refractivity (Wildman–Crippen MR) is 99.3 cm³/mol. The number of benzene rings is 2. The lowest BCUT2D eigenvalue weighted by molar-refractivity contribution is -0.134. The van der Waals surface area contributed by atoms with E-state index in [1.54, 1.807) is 54.7 Å². The summed E-state index contributed by atoms with van der Waals surface area (Å²) in [7, 11) is 3.38. The van der Waals surface area contributed by atoms with Gasteiger partial charge in [-0.25, -0.2) is 4.98 Å². The number of fused-ring (bicyclic) bond motifs is 1. The number of ether oxygens (including phenoxy) is 2. The summed E-state index contributed by atoms with van der Waals surface area (Å²) in [6, 6.07) is 15.0. The quantitative estimate of drug-likeness (QED) is 0.672. The Balaban J connectivity index is 1.62. The number of hydrogen-bond donors (Lipinski definition) is 0. The van der Waals surface area contributed by atoms with Gasteiger partial charge < -0.3 is 14.4 Å². The molecule has 0 N–H and O–H groups in total. The van der Waals surface area contributed by atoms with Crippen LogP contribution in [0, 0.1) is 0 Å². The van der Waals surface area contributed by atoms with E-state index in [2.05, 4.69) is 4.98 Å². The molecule has 0 aliphatic heterocycles. The fourth-order valence-electron chi connectivity index (χ4n) is 2.37. The summed E-state index contributed by atoms with van der Waals surface area (Å²) in [6.07, 6.45) is 0. The maximum absolute atomic E-state index is 12.4. The van der Waals surface area contributed by atoms with Gasteiger partial charge in [0.25, 0.3) is 5.91 Å². The normalized spacial score (nSPS) is 12.0. The minimum absolute atomic E-state index is 0.0158. The largest absolute Gasteiger partial charge is 0.497 e. The van der Waals surface area contributed by atoms with E-state index in [-0.39, 0.29) is 18.6 Å². The van der Waals surface area contributed by atoms with E-state index in [0.29, 0.717) is 5.75 Å². The lowest BCUT2D eigenvalue weighted by Gasteiger charge is -2.23. The van der Waals surface area contributed by atoms with Gasteiger partial charge in [0.05, 0.1) is 23.4 Å². The van der Waals surface area contributed by atoms with Crippen molar-refractivity contribution in [2.24, 2.45) is 0 Å². The molecule has 5 nitrogen and oxygen atoms in total. The molecule has 25 heavy (non-hydrogen) atoms. The minimum Gasteiger partial charge on any atom is -0.497 e. The second kappa shape index (κ2) is 7.53. The first-order valence-corrected chi connectivity index (χ1v) is 8.78. The van der Waals surface area contributed by atoms with Crippen LogP contribution < -0.4 is 9.47 Å². The van der Waals surface area contributed by atoms with Crippen molar-refractivity contribution in [1.82, 2.24) is 9.88 Å². The first kappa shape index (κ1) is 17.2. The zero-order valence-corrected chi connectivity index (χ0v) is 15.2. The molecule has 2 aromatic carbocycles. The Labute approximate surface area is 150 Å². The van der Waals surface area contributed by atoms with Crippen molar-refractivity contribution in [1.29, 1.82) is 0 Å². The van der Waals surface area contributed by atoms with Crippen molar-refractivity contribution in [2.45, 2.75) is 13.0 Å². The van der Waals surface area contributed by atoms with Gasteiger partial charge >= 0.3 is 0 Å². The fraction of sp³-hybridized carbons (Fsp3) is 0.263. The van der Waals surface area contributed by atoms with Crippen molar-refractivity contribution >= 4 is 27.5 Å². The van der Waals surface area contributed by atoms with E-state index in [1.807, 2.05) is 31.2 Å². The van der Waals surface area contributed by atoms with E-state index < -0.39 is 0 Å². The molecule has 3 aromatic rings. The molecule has 0 saturated heterocycles. The smallest absolute Gasteiger partial charge is 0.260 e. The SMILES string of the molecule is COc1ccc(OCC(=O)N(C)C(C)c2nc3ccccc3s2)cc1. The number of thiazole rings is 1. The molecule has 0 aliphatic rings. The number of carbonyl (C=O) groups is 1. The highest BCUT2D eigenvalue weighted by atomic mass is 32.1. The highest BCUT2D eigenvalue weighted by Gasteiger charge is 2.21. The average molecular weight is 356 g/mol. The van der Waals surface area contributed by atoms with Gasteiger partial charge in [0.15, 0.2) is 6.61 Å². The average Bonchev–Trinajstić information content (AvgIpc) is 3.09. The Kier molecular flexibility index (Phi) is 5.19. The topological polar surface area (TPSA) is 51.7 Å². The molecule has 3 rings (SSSR count). The van der Waals surface area contributed by atoms with Crippen LogP contribution in [-0.4, -0.2) is 36.6 Å². The molecule has 0 radical (unpaired) electrons. The summed E-state index contributed by atoms with van der Waals surface area (Å²) < 4.78 is 11.8. The number of likely N-dealkylation sites (N-methyl/N-ethyl adjacent to an activating group) is 1. The minimum atomic E-state index is -0.107. The molecule has 1 amide bonds. The number of amides is 1. The van der Waals surface area contributed by atoms with Crippen LogP contribution in [0.4, 0.5) is 0 Å². The first-order chi connectivity index (χ1) is 12.1. The van der Waals surface area contributed by atoms with Crippen LogP contribution in [0.25, 0.3) is 10.2 Å². The second-order valence-corrected chi connectivity index (χ2v) is 6.73. The second-order valence-electron chi connectivity index (χ2n) is 5.66. The summed E-state index contributed by atoms with van der Waals surface area (Å²) in [5, 5.41) is 0.918. The van der Waals surface area contributed by atoms with E-state index in [9.17, 15) is 4.79 Å². The van der Waals surface area contributed by atoms with Gasteiger partial charge in [-0.3, -0.25) is 4.79 Å². The first-order valence-electron chi connectivity index (χ1n) is 7.96. The Bertz CT molecular complexity index is 827. The van der Waals surface area contributed by atoms with E-state index in [1.165, 1.54) is 0 Å². The van der Waals surface area contributed by atoms with Crippen molar-refractivity contribution < 1.29 is 14.3 Å². The number of hydrogen-bond acceptors (Lipinski definition) is 5. The molecule has 0 bridgehead atoms. The van der Waals surface area contributed by atoms with Crippen molar-refractivity contribution in [2.75, 3.05) is 20.8 Å². The molecule has 1 aromatic heterocycles. The maximum Gasteiger partial charge on any atom is 0.260 e. The summed E-state index contributed by atoms with van der Waals surface area (Å²) in [4.78, 5) is 18.7. The number of aromatic nitrogens is 1. The van der Waals surface area contributed by atoms with Gasteiger partial charge in [0.2, 0.25) is 0 Å². The van der Waals surface area contributed by atoms with Crippen LogP contribution in [0.15, 0.2) is 48.5 Å². The summed E-state index contributed by atoms with van der Waals surface area (Å²) in [5.41, 5.74) is 0.963. The summed E-state index contributed by atoms with van der Waals surface area (Å²) >= 11 is 1.61. The molecule has 6 heteroatoms. The van der Waals surface area contributed by atoms with Gasteiger partial charge in [-0.1, -0.05) is 12.1 Å². The van der Waals surface area contributed by atoms with Crippen LogP contribution >= 0.6 is 11.3 Å². The van der Waals surface area contributed by atoms with Gasteiger partial charge in [-0.15, -0.1) is 11.3 Å². The Morgan fingerprint density at radius 3 is 2.52 bits per heavy atom. The molecule has 1 heterocycles. The predicted octanol–water partition coefficient (Wildman–Crippen LogP) is 3.90. The highest BCUT2D eigenvalue weighted by Crippen LogP contribution is 2.28. The Hall–Kier alpha value is -2.60. The molecule has 0 spiro atoms. The number of para-hydroxylation sites is 1. The number of rotatable bonds is 6. The van der Waals surface area contributed by atoms with Gasteiger partial charge in [-0.05, 0) is 43.3 Å². The fourth-order valence-corrected chi connectivity index (χ4v) is 3.43. The lowest BCUT2D eigenvalue weighted by Crippen LogP contribution is -2.33. The lowest BCUT2D eigenvalue weighted by atomic mass is 10.3. The van der Waals surface area contributed by atoms with Gasteiger partial charge in [-0.2, -0.15) is 0 Å². The molecule has 0 fully saturated rings. The third-order valence-corrected chi connectivity index (χ3v) is 5.27. The molecule has 130 valence electrons. The van der Waals surface area contributed by atoms with Crippen LogP contribution in [0.1, 0.15) is 18.0 Å². The number of nitrogens with zero attached hydrogens (tertiary/aromatic N) is 2. The van der Waals surface area contributed by atoms with Crippen molar-refractivity contribution in [3.05, 3.63) is 53.5 Å². The number of carbonyl (C=O) groups excluding carboxylic acids is 1. The zero-order chi connectivity index (χ0) is 17.8. The third kappa shape index (κ3) is 3.91. The van der Waals surface area contributed by atoms with Crippen molar-refractivity contribution in [3.8, 4) is 11.5 Å². The van der Waals surface area contributed by atoms with Gasteiger partial charge in [0, 0.05) is 7.05 Å². The zero-order valence-electron chi connectivity index (χ0n) is 14.4. The Morgan fingerprint density at radius 1 is 1.16 bits per heavy atom. The van der Waals surface area contributed by atoms with Crippen LogP contribution in [0.2, 0.25) is 0 Å². The molecule has 1 unspecified atom stereocenters. The van der Waals surface area contributed by atoms with Crippen LogP contribution in [0.3, 0.4) is 0 Å². The number of methoxy groups -OCH3 is 1. The maximum atomic E-state index is 12.4. The van der Waals surface area contributed by atoms with E-state index >= 15 is 0 Å². The standard InChI is InChI=1S/C19H20N2O3S/c1-13(19-20-16-6-4-5-7-17(16)25-19)21(2)18(22)12-24-15-10-8-14(23-3)9-11-15/h4-11,13H,12H2,1-3H3. The molecular weight excluding hydrogens is 336 g/mol. The highest BCUT2D eigenvalue weighted by molar-refractivity contribution is 7.18.